The molecular formula is C21H22ClN3O3. The van der Waals surface area contributed by atoms with Crippen LogP contribution >= 0.6 is 11.6 Å². The Bertz CT molecular complexity index is 910. The number of para-hydroxylation sites is 1. The first kappa shape index (κ1) is 19.8. The summed E-state index contributed by atoms with van der Waals surface area (Å²) in [5, 5.41) is 5.08. The lowest BCUT2D eigenvalue weighted by atomic mass is 10.3. The average Bonchev–Trinajstić information content (AvgIpc) is 3.17. The van der Waals surface area contributed by atoms with Crippen molar-refractivity contribution in [1.82, 2.24) is 14.7 Å². The van der Waals surface area contributed by atoms with Gasteiger partial charge < -0.3 is 14.4 Å². The highest BCUT2D eigenvalue weighted by Crippen LogP contribution is 2.21. The third-order valence-corrected chi connectivity index (χ3v) is 4.44. The van der Waals surface area contributed by atoms with E-state index in [1.165, 1.54) is 7.11 Å². The SMILES string of the molecule is COc1cn(-c2ccccc2)nc1C(=O)N(C)CCCOc1ccc(Cl)cc1. The molecule has 6 nitrogen and oxygen atoms in total. The molecular weight excluding hydrogens is 378 g/mol. The van der Waals surface area contributed by atoms with E-state index in [1.807, 2.05) is 42.5 Å². The third-order valence-electron chi connectivity index (χ3n) is 4.19. The van der Waals surface area contributed by atoms with Crippen molar-refractivity contribution < 1.29 is 14.3 Å². The Labute approximate surface area is 169 Å². The normalized spacial score (nSPS) is 10.5. The Morgan fingerprint density at radius 2 is 1.86 bits per heavy atom. The minimum Gasteiger partial charge on any atom is -0.494 e. The van der Waals surface area contributed by atoms with Crippen molar-refractivity contribution in [2.24, 2.45) is 0 Å². The van der Waals surface area contributed by atoms with Crippen LogP contribution in [0.5, 0.6) is 11.5 Å². The van der Waals surface area contributed by atoms with Crippen LogP contribution in [-0.2, 0) is 0 Å². The van der Waals surface area contributed by atoms with Gasteiger partial charge in [0.1, 0.15) is 5.75 Å². The molecule has 0 fully saturated rings. The number of carbonyl (C=O) groups is 1. The fourth-order valence-corrected chi connectivity index (χ4v) is 2.80. The highest BCUT2D eigenvalue weighted by Gasteiger charge is 2.21. The van der Waals surface area contributed by atoms with Gasteiger partial charge in [-0.1, -0.05) is 29.8 Å². The van der Waals surface area contributed by atoms with Crippen LogP contribution in [0.1, 0.15) is 16.9 Å². The van der Waals surface area contributed by atoms with Crippen LogP contribution in [0.25, 0.3) is 5.69 Å². The maximum absolute atomic E-state index is 12.8. The smallest absolute Gasteiger partial charge is 0.277 e. The van der Waals surface area contributed by atoms with E-state index >= 15 is 0 Å². The molecule has 7 heteroatoms. The van der Waals surface area contributed by atoms with Gasteiger partial charge in [0.15, 0.2) is 11.4 Å². The van der Waals surface area contributed by atoms with Crippen LogP contribution in [0.2, 0.25) is 5.02 Å². The van der Waals surface area contributed by atoms with Gasteiger partial charge in [-0.2, -0.15) is 5.10 Å². The fraction of sp³-hybridized carbons (Fsp3) is 0.238. The number of hydrogen-bond donors (Lipinski definition) is 0. The second-order valence-corrected chi connectivity index (χ2v) is 6.65. The van der Waals surface area contributed by atoms with Gasteiger partial charge in [-0.25, -0.2) is 4.68 Å². The molecule has 0 aliphatic carbocycles. The molecule has 0 atom stereocenters. The van der Waals surface area contributed by atoms with Crippen LogP contribution in [0.4, 0.5) is 0 Å². The summed E-state index contributed by atoms with van der Waals surface area (Å²) in [6.07, 6.45) is 2.40. The van der Waals surface area contributed by atoms with Crippen molar-refractivity contribution in [2.45, 2.75) is 6.42 Å². The minimum atomic E-state index is -0.196. The van der Waals surface area contributed by atoms with Gasteiger partial charge in [-0.15, -0.1) is 0 Å². The number of ether oxygens (including phenoxy) is 2. The Kier molecular flexibility index (Phi) is 6.55. The van der Waals surface area contributed by atoms with E-state index in [4.69, 9.17) is 21.1 Å². The summed E-state index contributed by atoms with van der Waals surface area (Å²) < 4.78 is 12.7. The van der Waals surface area contributed by atoms with Crippen LogP contribution in [-0.4, -0.2) is 47.9 Å². The lowest BCUT2D eigenvalue weighted by Crippen LogP contribution is -2.29. The third kappa shape index (κ3) is 4.84. The summed E-state index contributed by atoms with van der Waals surface area (Å²) >= 11 is 5.86. The molecule has 1 aromatic heterocycles. The molecule has 0 saturated carbocycles. The fourth-order valence-electron chi connectivity index (χ4n) is 2.67. The lowest BCUT2D eigenvalue weighted by Gasteiger charge is -2.16. The predicted octanol–water partition coefficient (Wildman–Crippen LogP) is 4.08. The van der Waals surface area contributed by atoms with E-state index in [0.29, 0.717) is 30.3 Å². The van der Waals surface area contributed by atoms with E-state index in [0.717, 1.165) is 11.4 Å². The summed E-state index contributed by atoms with van der Waals surface area (Å²) in [6, 6.07) is 16.8. The van der Waals surface area contributed by atoms with E-state index in [1.54, 1.807) is 35.0 Å². The van der Waals surface area contributed by atoms with Gasteiger partial charge in [-0.3, -0.25) is 4.79 Å². The molecule has 0 radical (unpaired) electrons. The van der Waals surface area contributed by atoms with Gasteiger partial charge in [0.2, 0.25) is 0 Å². The van der Waals surface area contributed by atoms with Gasteiger partial charge in [0.25, 0.3) is 5.91 Å². The summed E-state index contributed by atoms with van der Waals surface area (Å²) in [6.45, 7) is 1.03. The maximum Gasteiger partial charge on any atom is 0.277 e. The number of rotatable bonds is 8. The van der Waals surface area contributed by atoms with Gasteiger partial charge in [0.05, 0.1) is 25.6 Å². The Morgan fingerprint density at radius 3 is 2.54 bits per heavy atom. The van der Waals surface area contributed by atoms with E-state index in [9.17, 15) is 4.79 Å². The molecule has 0 bridgehead atoms. The number of halogens is 1. The Hall–Kier alpha value is -2.99. The first-order chi connectivity index (χ1) is 13.6. The second-order valence-electron chi connectivity index (χ2n) is 6.21. The van der Waals surface area contributed by atoms with Crippen molar-refractivity contribution >= 4 is 17.5 Å². The summed E-state index contributed by atoms with van der Waals surface area (Å²) in [5.41, 5.74) is 1.14. The number of carbonyl (C=O) groups excluding carboxylic acids is 1. The minimum absolute atomic E-state index is 0.196. The molecule has 0 aliphatic rings. The molecule has 1 heterocycles. The molecule has 146 valence electrons. The summed E-state index contributed by atoms with van der Waals surface area (Å²) in [7, 11) is 3.27. The first-order valence-corrected chi connectivity index (χ1v) is 9.29. The zero-order valence-corrected chi connectivity index (χ0v) is 16.6. The number of aromatic nitrogens is 2. The molecule has 0 N–H and O–H groups in total. The number of hydrogen-bond acceptors (Lipinski definition) is 4. The lowest BCUT2D eigenvalue weighted by molar-refractivity contribution is 0.0778. The van der Waals surface area contributed by atoms with E-state index in [-0.39, 0.29) is 11.6 Å². The highest BCUT2D eigenvalue weighted by molar-refractivity contribution is 6.30. The Balaban J connectivity index is 1.58. The van der Waals surface area contributed by atoms with E-state index in [2.05, 4.69) is 5.10 Å². The number of nitrogens with zero attached hydrogens (tertiary/aromatic N) is 3. The van der Waals surface area contributed by atoms with Gasteiger partial charge in [0, 0.05) is 18.6 Å². The molecule has 3 aromatic rings. The number of amides is 1. The topological polar surface area (TPSA) is 56.6 Å². The quantitative estimate of drug-likeness (QED) is 0.536. The zero-order valence-electron chi connectivity index (χ0n) is 15.8. The maximum atomic E-state index is 12.8. The molecule has 0 unspecified atom stereocenters. The van der Waals surface area contributed by atoms with Crippen LogP contribution in [0, 0.1) is 0 Å². The van der Waals surface area contributed by atoms with Crippen molar-refractivity contribution in [1.29, 1.82) is 0 Å². The van der Waals surface area contributed by atoms with E-state index < -0.39 is 0 Å². The van der Waals surface area contributed by atoms with Crippen LogP contribution < -0.4 is 9.47 Å². The first-order valence-electron chi connectivity index (χ1n) is 8.91. The molecule has 0 saturated heterocycles. The standard InChI is InChI=1S/C21H22ClN3O3/c1-24(13-6-14-28-18-11-9-16(22)10-12-18)21(26)20-19(27-2)15-25(23-20)17-7-4-3-5-8-17/h3-5,7-12,15H,6,13-14H2,1-2H3. The predicted molar refractivity (Wildman–Crippen MR) is 109 cm³/mol. The van der Waals surface area contributed by atoms with Crippen molar-refractivity contribution in [3.05, 3.63) is 71.5 Å². The average molecular weight is 400 g/mol. The van der Waals surface area contributed by atoms with Crippen molar-refractivity contribution in [3.63, 3.8) is 0 Å². The second kappa shape index (κ2) is 9.28. The molecule has 1 amide bonds. The van der Waals surface area contributed by atoms with Crippen molar-refractivity contribution in [3.8, 4) is 17.2 Å². The molecule has 28 heavy (non-hydrogen) atoms. The largest absolute Gasteiger partial charge is 0.494 e. The van der Waals surface area contributed by atoms with Gasteiger partial charge >= 0.3 is 0 Å². The van der Waals surface area contributed by atoms with Crippen LogP contribution in [0.3, 0.4) is 0 Å². The highest BCUT2D eigenvalue weighted by atomic mass is 35.5. The summed E-state index contributed by atoms with van der Waals surface area (Å²) in [5.74, 6) is 0.998. The zero-order chi connectivity index (χ0) is 19.9. The Morgan fingerprint density at radius 1 is 1.14 bits per heavy atom. The van der Waals surface area contributed by atoms with Crippen molar-refractivity contribution in [2.75, 3.05) is 27.3 Å². The molecule has 3 rings (SSSR count). The molecule has 0 aliphatic heterocycles. The monoisotopic (exact) mass is 399 g/mol. The number of methoxy groups -OCH3 is 1. The van der Waals surface area contributed by atoms with Gasteiger partial charge in [-0.05, 0) is 42.8 Å². The number of benzene rings is 2. The summed E-state index contributed by atoms with van der Waals surface area (Å²) in [4.78, 5) is 14.4. The van der Waals surface area contributed by atoms with Crippen LogP contribution in [0.15, 0.2) is 60.8 Å². The molecule has 0 spiro atoms. The molecule has 2 aromatic carbocycles.